The van der Waals surface area contributed by atoms with Crippen LogP contribution in [0.4, 0.5) is 22.7 Å². The van der Waals surface area contributed by atoms with Crippen LogP contribution in [0.2, 0.25) is 0 Å². The minimum absolute atomic E-state index is 0.0295. The molecular formula is C74H78N4O. The Bertz CT molecular complexity index is 3920. The van der Waals surface area contributed by atoms with E-state index < -0.39 is 0 Å². The summed E-state index contributed by atoms with van der Waals surface area (Å²) in [4.78, 5) is 9.97. The topological polar surface area (TPSA) is 33.5 Å². The van der Waals surface area contributed by atoms with Gasteiger partial charge < -0.3 is 14.5 Å². The molecule has 0 N–H and O–H groups in total. The molecule has 0 bridgehead atoms. The highest BCUT2D eigenvalue weighted by Gasteiger charge is 2.34. The van der Waals surface area contributed by atoms with Crippen LogP contribution in [0.25, 0.3) is 61.0 Å². The molecule has 1 aliphatic rings. The lowest BCUT2D eigenvalue weighted by Crippen LogP contribution is -2.25. The third-order valence-electron chi connectivity index (χ3n) is 16.1. The first-order valence-electron chi connectivity index (χ1n) is 28.3. The summed E-state index contributed by atoms with van der Waals surface area (Å²) in [6.45, 7) is 35.1. The smallest absolute Gasteiger partial charge is 0.137 e. The summed E-state index contributed by atoms with van der Waals surface area (Å²) in [7, 11) is 0. The molecule has 2 aromatic heterocycles. The van der Waals surface area contributed by atoms with E-state index >= 15 is 0 Å². The predicted octanol–water partition coefficient (Wildman–Crippen LogP) is 20.7. The lowest BCUT2D eigenvalue weighted by Gasteiger charge is -2.30. The fraction of sp³-hybridized carbons (Fsp3) is 0.284. The van der Waals surface area contributed by atoms with E-state index in [1.165, 1.54) is 72.1 Å². The average molecular weight is 1040 g/mol. The minimum Gasteiger partial charge on any atom is -0.457 e. The van der Waals surface area contributed by atoms with Gasteiger partial charge in [-0.15, -0.1) is 0 Å². The average Bonchev–Trinajstić information content (AvgIpc) is 3.96. The van der Waals surface area contributed by atoms with E-state index in [-0.39, 0.29) is 27.1 Å². The van der Waals surface area contributed by atoms with Crippen molar-refractivity contribution in [1.29, 1.82) is 0 Å². The van der Waals surface area contributed by atoms with Crippen molar-refractivity contribution < 1.29 is 4.74 Å². The van der Waals surface area contributed by atoms with Crippen molar-refractivity contribution >= 4 is 44.6 Å². The largest absolute Gasteiger partial charge is 0.457 e. The van der Waals surface area contributed by atoms with Gasteiger partial charge in [0.1, 0.15) is 24.0 Å². The van der Waals surface area contributed by atoms with Crippen molar-refractivity contribution in [3.05, 3.63) is 216 Å². The molecule has 11 rings (SSSR count). The van der Waals surface area contributed by atoms with Gasteiger partial charge in [-0.05, 0) is 132 Å². The summed E-state index contributed by atoms with van der Waals surface area (Å²) in [5.74, 6) is 2.50. The van der Waals surface area contributed by atoms with Crippen LogP contribution in [0.15, 0.2) is 188 Å². The molecule has 0 fully saturated rings. The first-order valence-corrected chi connectivity index (χ1v) is 28.3. The van der Waals surface area contributed by atoms with Crippen LogP contribution in [0.5, 0.6) is 11.5 Å². The fourth-order valence-corrected chi connectivity index (χ4v) is 11.5. The number of anilines is 4. The molecule has 0 aliphatic carbocycles. The summed E-state index contributed by atoms with van der Waals surface area (Å²) < 4.78 is 9.53. The zero-order valence-electron chi connectivity index (χ0n) is 49.3. The molecule has 0 saturated heterocycles. The van der Waals surface area contributed by atoms with E-state index in [2.05, 4.69) is 300 Å². The zero-order valence-corrected chi connectivity index (χ0v) is 49.3. The molecule has 0 unspecified atom stereocenters. The molecule has 10 aromatic rings. The van der Waals surface area contributed by atoms with Gasteiger partial charge in [0.25, 0.3) is 0 Å². The second-order valence-electron chi connectivity index (χ2n) is 27.1. The zero-order chi connectivity index (χ0) is 56.0. The van der Waals surface area contributed by atoms with Crippen LogP contribution < -0.4 is 14.5 Å². The molecule has 5 heteroatoms. The Balaban J connectivity index is 1.03. The summed E-state index contributed by atoms with van der Waals surface area (Å²) in [5.41, 5.74) is 20.1. The van der Waals surface area contributed by atoms with Crippen LogP contribution in [0.1, 0.15) is 132 Å². The number of ether oxygens (including phenoxy) is 1. The van der Waals surface area contributed by atoms with Gasteiger partial charge in [0.2, 0.25) is 0 Å². The van der Waals surface area contributed by atoms with Crippen LogP contribution in [-0.4, -0.2) is 16.2 Å². The maximum absolute atomic E-state index is 7.22. The number of para-hydroxylation sites is 3. The van der Waals surface area contributed by atoms with E-state index in [1.807, 2.05) is 6.20 Å². The molecule has 0 spiro atoms. The summed E-state index contributed by atoms with van der Waals surface area (Å²) >= 11 is 0. The monoisotopic (exact) mass is 1040 g/mol. The van der Waals surface area contributed by atoms with Gasteiger partial charge in [-0.2, -0.15) is 0 Å². The van der Waals surface area contributed by atoms with E-state index in [0.29, 0.717) is 6.67 Å². The number of aromatic nitrogens is 2. The summed E-state index contributed by atoms with van der Waals surface area (Å²) in [5, 5.41) is 2.37. The Kier molecular flexibility index (Phi) is 13.1. The second-order valence-corrected chi connectivity index (χ2v) is 27.1. The van der Waals surface area contributed by atoms with Gasteiger partial charge in [-0.25, -0.2) is 4.98 Å². The minimum atomic E-state index is -0.215. The quantitative estimate of drug-likeness (QED) is 0.152. The van der Waals surface area contributed by atoms with Crippen molar-refractivity contribution in [1.82, 2.24) is 9.55 Å². The third-order valence-corrected chi connectivity index (χ3v) is 16.1. The molecule has 1 aliphatic heterocycles. The maximum atomic E-state index is 7.22. The number of fused-ring (bicyclic) bond motifs is 4. The molecule has 0 atom stereocenters. The van der Waals surface area contributed by atoms with E-state index in [9.17, 15) is 0 Å². The Morgan fingerprint density at radius 2 is 0.962 bits per heavy atom. The highest BCUT2D eigenvalue weighted by Crippen LogP contribution is 2.52. The van der Waals surface area contributed by atoms with Gasteiger partial charge in [0.15, 0.2) is 0 Å². The second kappa shape index (κ2) is 19.5. The first kappa shape index (κ1) is 53.1. The highest BCUT2D eigenvalue weighted by atomic mass is 16.5. The molecule has 79 heavy (non-hydrogen) atoms. The van der Waals surface area contributed by atoms with Crippen molar-refractivity contribution in [3.63, 3.8) is 0 Å². The van der Waals surface area contributed by atoms with Gasteiger partial charge in [-0.1, -0.05) is 213 Å². The summed E-state index contributed by atoms with van der Waals surface area (Å²) in [6.07, 6.45) is 1.94. The van der Waals surface area contributed by atoms with Crippen LogP contribution in [-0.2, 0) is 27.1 Å². The Morgan fingerprint density at radius 1 is 0.392 bits per heavy atom. The SMILES string of the molecule is CC(C)(C)c1ccnc(-n2c3ccccc3c3cc(C(C)(C)C)c(Oc4cccc(N5CN(c6c(-c7ccccc7)cc(C(C)(C)C)cc6-c6ccc(-c7ccc(C(C)(C)C)cc7C(C)(C)C)cc6)c6ccccc65)c4)cc32)c1. The van der Waals surface area contributed by atoms with E-state index in [4.69, 9.17) is 9.72 Å². The molecule has 3 heterocycles. The van der Waals surface area contributed by atoms with Crippen LogP contribution >= 0.6 is 0 Å². The number of benzene rings is 8. The lowest BCUT2D eigenvalue weighted by molar-refractivity contribution is 0.456. The van der Waals surface area contributed by atoms with Gasteiger partial charge in [-0.3, -0.25) is 4.57 Å². The number of rotatable bonds is 8. The Labute approximate surface area is 470 Å². The number of pyridine rings is 1. The van der Waals surface area contributed by atoms with Crippen molar-refractivity contribution in [2.45, 2.75) is 131 Å². The van der Waals surface area contributed by atoms with Gasteiger partial charge >= 0.3 is 0 Å². The van der Waals surface area contributed by atoms with Gasteiger partial charge in [0, 0.05) is 51.5 Å². The van der Waals surface area contributed by atoms with Gasteiger partial charge in [0.05, 0.1) is 28.1 Å². The molecule has 0 saturated carbocycles. The molecular weight excluding hydrogens is 961 g/mol. The van der Waals surface area contributed by atoms with Crippen molar-refractivity contribution in [3.8, 4) is 50.7 Å². The summed E-state index contributed by atoms with van der Waals surface area (Å²) in [6, 6.07) is 67.5. The molecule has 400 valence electrons. The Morgan fingerprint density at radius 3 is 1.59 bits per heavy atom. The molecule has 0 amide bonds. The Hall–Kier alpha value is -7.89. The predicted molar refractivity (Wildman–Crippen MR) is 337 cm³/mol. The normalized spacial score (nSPS) is 13.4. The highest BCUT2D eigenvalue weighted by molar-refractivity contribution is 6.10. The number of hydrogen-bond donors (Lipinski definition) is 0. The van der Waals surface area contributed by atoms with Crippen molar-refractivity contribution in [2.75, 3.05) is 16.5 Å². The van der Waals surface area contributed by atoms with E-state index in [1.54, 1.807) is 0 Å². The number of nitrogens with zero attached hydrogens (tertiary/aromatic N) is 4. The van der Waals surface area contributed by atoms with Crippen LogP contribution in [0.3, 0.4) is 0 Å². The maximum Gasteiger partial charge on any atom is 0.137 e. The number of hydrogen-bond acceptors (Lipinski definition) is 4. The van der Waals surface area contributed by atoms with Crippen molar-refractivity contribution in [2.24, 2.45) is 0 Å². The van der Waals surface area contributed by atoms with E-state index in [0.717, 1.165) is 51.0 Å². The lowest BCUT2D eigenvalue weighted by atomic mass is 9.77. The first-order chi connectivity index (χ1) is 37.3. The molecule has 0 radical (unpaired) electrons. The third kappa shape index (κ3) is 10.1. The fourth-order valence-electron chi connectivity index (χ4n) is 11.5. The molecule has 5 nitrogen and oxygen atoms in total. The standard InChI is InChI=1S/C74H78N4O/c1-70(2,3)51-36-37-56(61(42-51)73(10,11)12)49-32-34-50(35-33-49)59-41-53(72(7,8)9)40-58(48-24-17-16-18-25-48)69(59)77-47-76(64-30-21-22-31-65(64)77)54-26-23-27-55(44-54)79-67-46-66-60(45-62(67)74(13,14)15)57-28-19-20-29-63(57)78(66)68-43-52(38-39-75-68)71(4,5)6/h16-46H,47H2,1-15H3. The molecule has 8 aromatic carbocycles. The van der Waals surface area contributed by atoms with Crippen LogP contribution in [0, 0.1) is 0 Å².